The van der Waals surface area contributed by atoms with Crippen LogP contribution in [0.15, 0.2) is 51.5 Å². The van der Waals surface area contributed by atoms with Crippen molar-refractivity contribution in [3.8, 4) is 0 Å². The van der Waals surface area contributed by atoms with Gasteiger partial charge in [-0.1, -0.05) is 22.0 Å². The summed E-state index contributed by atoms with van der Waals surface area (Å²) in [5.41, 5.74) is 1.52. The van der Waals surface area contributed by atoms with E-state index in [4.69, 9.17) is 0 Å². The van der Waals surface area contributed by atoms with Gasteiger partial charge in [-0.2, -0.15) is 0 Å². The highest BCUT2D eigenvalue weighted by Gasteiger charge is 2.11. The summed E-state index contributed by atoms with van der Waals surface area (Å²) in [5, 5.41) is 5.63. The van der Waals surface area contributed by atoms with E-state index in [-0.39, 0.29) is 12.1 Å². The van der Waals surface area contributed by atoms with E-state index in [0.717, 1.165) is 14.6 Å². The summed E-state index contributed by atoms with van der Waals surface area (Å²) in [5.74, 6) is 0. The zero-order valence-electron chi connectivity index (χ0n) is 10.7. The topological polar surface area (TPSA) is 54.0 Å². The third-order valence-electron chi connectivity index (χ3n) is 2.66. The molecule has 1 heterocycles. The second-order valence-corrected chi connectivity index (χ2v) is 5.97. The number of amides is 2. The molecule has 0 saturated heterocycles. The zero-order valence-corrected chi connectivity index (χ0v) is 13.9. The van der Waals surface area contributed by atoms with Crippen LogP contribution in [0.3, 0.4) is 0 Å². The molecule has 2 aromatic rings. The molecule has 0 aliphatic rings. The van der Waals surface area contributed by atoms with Crippen molar-refractivity contribution >= 4 is 43.6 Å². The lowest BCUT2D eigenvalue weighted by atomic mass is 10.2. The number of rotatable bonds is 3. The first kappa shape index (κ1) is 15.0. The van der Waals surface area contributed by atoms with Gasteiger partial charge in [0.05, 0.1) is 17.4 Å². The number of hydrogen-bond acceptors (Lipinski definition) is 2. The Morgan fingerprint density at radius 3 is 2.70 bits per heavy atom. The predicted octanol–water partition coefficient (Wildman–Crippen LogP) is 4.49. The SMILES string of the molecule is C[C@H](NC(=O)Nc1ccc(Br)cc1Br)c1ccccn1. The van der Waals surface area contributed by atoms with E-state index >= 15 is 0 Å². The number of benzene rings is 1. The Hall–Kier alpha value is -1.40. The number of carbonyl (C=O) groups is 1. The van der Waals surface area contributed by atoms with Crippen LogP contribution in [-0.4, -0.2) is 11.0 Å². The van der Waals surface area contributed by atoms with Gasteiger partial charge in [0, 0.05) is 15.1 Å². The highest BCUT2D eigenvalue weighted by molar-refractivity contribution is 9.11. The highest BCUT2D eigenvalue weighted by Crippen LogP contribution is 2.26. The first-order valence-corrected chi connectivity index (χ1v) is 7.58. The summed E-state index contributed by atoms with van der Waals surface area (Å²) in [7, 11) is 0. The lowest BCUT2D eigenvalue weighted by Gasteiger charge is -2.14. The summed E-state index contributed by atoms with van der Waals surface area (Å²) in [6.07, 6.45) is 1.71. The molecule has 0 aliphatic heterocycles. The third-order valence-corrected chi connectivity index (χ3v) is 3.81. The van der Waals surface area contributed by atoms with Crippen molar-refractivity contribution in [3.63, 3.8) is 0 Å². The molecule has 104 valence electrons. The Labute approximate surface area is 134 Å². The van der Waals surface area contributed by atoms with Crippen LogP contribution in [0.2, 0.25) is 0 Å². The van der Waals surface area contributed by atoms with Gasteiger partial charge in [0.25, 0.3) is 0 Å². The van der Waals surface area contributed by atoms with Crippen LogP contribution >= 0.6 is 31.9 Å². The summed E-state index contributed by atoms with van der Waals surface area (Å²) in [6, 6.07) is 10.7. The zero-order chi connectivity index (χ0) is 14.5. The maximum atomic E-state index is 12.0. The minimum absolute atomic E-state index is 0.162. The summed E-state index contributed by atoms with van der Waals surface area (Å²) in [6.45, 7) is 1.89. The molecular weight excluding hydrogens is 386 g/mol. The van der Waals surface area contributed by atoms with Gasteiger partial charge in [-0.25, -0.2) is 4.79 Å². The van der Waals surface area contributed by atoms with Crippen molar-refractivity contribution in [3.05, 3.63) is 57.2 Å². The largest absolute Gasteiger partial charge is 0.330 e. The van der Waals surface area contributed by atoms with E-state index in [0.29, 0.717) is 5.69 Å². The smallest absolute Gasteiger partial charge is 0.319 e. The molecule has 0 unspecified atom stereocenters. The number of halogens is 2. The number of nitrogens with one attached hydrogen (secondary N) is 2. The van der Waals surface area contributed by atoms with Gasteiger partial charge >= 0.3 is 6.03 Å². The lowest BCUT2D eigenvalue weighted by molar-refractivity contribution is 0.249. The molecule has 0 saturated carbocycles. The van der Waals surface area contributed by atoms with E-state index in [1.165, 1.54) is 0 Å². The van der Waals surface area contributed by atoms with Crippen LogP contribution in [0.25, 0.3) is 0 Å². The molecule has 1 aromatic heterocycles. The minimum Gasteiger partial charge on any atom is -0.330 e. The van der Waals surface area contributed by atoms with Crippen molar-refractivity contribution in [2.75, 3.05) is 5.32 Å². The molecular formula is C14H13Br2N3O. The normalized spacial score (nSPS) is 11.8. The van der Waals surface area contributed by atoms with E-state index < -0.39 is 0 Å². The summed E-state index contributed by atoms with van der Waals surface area (Å²) in [4.78, 5) is 16.2. The average molecular weight is 399 g/mol. The Kier molecular flexibility index (Phi) is 5.14. The van der Waals surface area contributed by atoms with Crippen molar-refractivity contribution in [2.24, 2.45) is 0 Å². The average Bonchev–Trinajstić information content (AvgIpc) is 2.43. The fourth-order valence-electron chi connectivity index (χ4n) is 1.65. The van der Waals surface area contributed by atoms with Gasteiger partial charge < -0.3 is 10.6 Å². The first-order valence-electron chi connectivity index (χ1n) is 6.00. The van der Waals surface area contributed by atoms with Crippen molar-refractivity contribution < 1.29 is 4.79 Å². The number of hydrogen-bond donors (Lipinski definition) is 2. The molecule has 20 heavy (non-hydrogen) atoms. The van der Waals surface area contributed by atoms with Crippen molar-refractivity contribution in [2.45, 2.75) is 13.0 Å². The quantitative estimate of drug-likeness (QED) is 0.800. The van der Waals surface area contributed by atoms with Crippen LogP contribution < -0.4 is 10.6 Å². The van der Waals surface area contributed by atoms with E-state index in [2.05, 4.69) is 47.5 Å². The Morgan fingerprint density at radius 1 is 1.25 bits per heavy atom. The Bertz CT molecular complexity index is 605. The Morgan fingerprint density at radius 2 is 2.05 bits per heavy atom. The molecule has 1 atom stereocenters. The molecule has 1 aromatic carbocycles. The number of aromatic nitrogens is 1. The van der Waals surface area contributed by atoms with Gasteiger partial charge in [-0.15, -0.1) is 0 Å². The van der Waals surface area contributed by atoms with E-state index in [9.17, 15) is 4.79 Å². The molecule has 0 radical (unpaired) electrons. The molecule has 4 nitrogen and oxygen atoms in total. The molecule has 0 spiro atoms. The van der Waals surface area contributed by atoms with Crippen molar-refractivity contribution in [1.82, 2.24) is 10.3 Å². The maximum Gasteiger partial charge on any atom is 0.319 e. The fourth-order valence-corrected chi connectivity index (χ4v) is 2.80. The van der Waals surface area contributed by atoms with Crippen LogP contribution in [0, 0.1) is 0 Å². The van der Waals surface area contributed by atoms with Crippen LogP contribution in [-0.2, 0) is 0 Å². The van der Waals surface area contributed by atoms with Crippen LogP contribution in [0.1, 0.15) is 18.7 Å². The number of pyridine rings is 1. The number of carbonyl (C=O) groups excluding carboxylic acids is 1. The molecule has 2 rings (SSSR count). The second-order valence-electron chi connectivity index (χ2n) is 4.20. The molecule has 2 N–H and O–H groups in total. The van der Waals surface area contributed by atoms with Crippen LogP contribution in [0.4, 0.5) is 10.5 Å². The van der Waals surface area contributed by atoms with E-state index in [1.807, 2.05) is 43.3 Å². The maximum absolute atomic E-state index is 12.0. The van der Waals surface area contributed by atoms with Gasteiger partial charge in [0.2, 0.25) is 0 Å². The summed E-state index contributed by atoms with van der Waals surface area (Å²) >= 11 is 6.77. The minimum atomic E-state index is -0.272. The molecule has 2 amide bonds. The number of anilines is 1. The monoisotopic (exact) mass is 397 g/mol. The molecule has 0 fully saturated rings. The van der Waals surface area contributed by atoms with Gasteiger partial charge in [-0.05, 0) is 53.2 Å². The van der Waals surface area contributed by atoms with E-state index in [1.54, 1.807) is 6.20 Å². The summed E-state index contributed by atoms with van der Waals surface area (Å²) < 4.78 is 1.75. The standard InChI is InChI=1S/C14H13Br2N3O/c1-9(12-4-2-3-7-17-12)18-14(20)19-13-6-5-10(15)8-11(13)16/h2-9H,1H3,(H2,18,19,20)/t9-/m0/s1. The number of nitrogens with zero attached hydrogens (tertiary/aromatic N) is 1. The third kappa shape index (κ3) is 4.05. The fraction of sp³-hybridized carbons (Fsp3) is 0.143. The van der Waals surface area contributed by atoms with Crippen molar-refractivity contribution in [1.29, 1.82) is 0 Å². The van der Waals surface area contributed by atoms with Gasteiger partial charge in [0.1, 0.15) is 0 Å². The molecule has 0 bridgehead atoms. The predicted molar refractivity (Wildman–Crippen MR) is 86.6 cm³/mol. The van der Waals surface area contributed by atoms with Crippen LogP contribution in [0.5, 0.6) is 0 Å². The Balaban J connectivity index is 1.99. The first-order chi connectivity index (χ1) is 9.56. The van der Waals surface area contributed by atoms with Gasteiger partial charge in [-0.3, -0.25) is 4.98 Å². The highest BCUT2D eigenvalue weighted by atomic mass is 79.9. The number of urea groups is 1. The lowest BCUT2D eigenvalue weighted by Crippen LogP contribution is -2.31. The van der Waals surface area contributed by atoms with Gasteiger partial charge in [0.15, 0.2) is 0 Å². The second kappa shape index (κ2) is 6.85. The molecule has 0 aliphatic carbocycles. The molecule has 6 heteroatoms.